The molecule has 2 nitrogen and oxygen atoms in total. The van der Waals surface area contributed by atoms with Crippen molar-refractivity contribution in [1.82, 2.24) is 4.57 Å². The van der Waals surface area contributed by atoms with Crippen LogP contribution in [0.1, 0.15) is 18.1 Å². The molecule has 108 valence electrons. The summed E-state index contributed by atoms with van der Waals surface area (Å²) in [5.74, 6) is 0.708. The Morgan fingerprint density at radius 1 is 1.10 bits per heavy atom. The molecule has 0 aliphatic carbocycles. The number of benzene rings is 2. The number of rotatable bonds is 4. The fourth-order valence-electron chi connectivity index (χ4n) is 2.72. The van der Waals surface area contributed by atoms with Gasteiger partial charge in [-0.3, -0.25) is 0 Å². The van der Waals surface area contributed by atoms with Crippen LogP contribution in [0.4, 0.5) is 4.39 Å². The average Bonchev–Trinajstić information content (AvgIpc) is 2.79. The van der Waals surface area contributed by atoms with Gasteiger partial charge in [0.2, 0.25) is 0 Å². The summed E-state index contributed by atoms with van der Waals surface area (Å²) in [5, 5.41) is 0.717. The molecule has 0 radical (unpaired) electrons. The highest BCUT2D eigenvalue weighted by Gasteiger charge is 2.11. The second-order valence-corrected chi connectivity index (χ2v) is 5.15. The number of halogens is 1. The first kappa shape index (κ1) is 13.7. The average molecular weight is 283 g/mol. The minimum atomic E-state index is -0.158. The Hall–Kier alpha value is -2.29. The zero-order valence-corrected chi connectivity index (χ0v) is 12.3. The molecule has 0 fully saturated rings. The highest BCUT2D eigenvalue weighted by Crippen LogP contribution is 2.26. The van der Waals surface area contributed by atoms with Crippen LogP contribution in [-0.4, -0.2) is 11.2 Å². The van der Waals surface area contributed by atoms with Gasteiger partial charge in [-0.1, -0.05) is 18.2 Å². The third-order valence-electron chi connectivity index (χ3n) is 3.67. The SMILES string of the molecule is CCOc1ccc(Cc2cn(C)c3cccc(F)c23)cc1. The van der Waals surface area contributed by atoms with E-state index in [-0.39, 0.29) is 5.82 Å². The van der Waals surface area contributed by atoms with Crippen molar-refractivity contribution >= 4 is 10.9 Å². The maximum absolute atomic E-state index is 14.1. The first-order chi connectivity index (χ1) is 10.2. The quantitative estimate of drug-likeness (QED) is 0.696. The smallest absolute Gasteiger partial charge is 0.132 e. The normalized spacial score (nSPS) is 11.0. The van der Waals surface area contributed by atoms with E-state index >= 15 is 0 Å². The third kappa shape index (κ3) is 2.64. The Kier molecular flexibility index (Phi) is 3.65. The van der Waals surface area contributed by atoms with Gasteiger partial charge in [0.05, 0.1) is 12.1 Å². The molecule has 0 atom stereocenters. The van der Waals surface area contributed by atoms with Crippen molar-refractivity contribution in [3.63, 3.8) is 0 Å². The number of hydrogen-bond acceptors (Lipinski definition) is 1. The van der Waals surface area contributed by atoms with Crippen LogP contribution < -0.4 is 4.74 Å². The standard InChI is InChI=1S/C18H18FNO/c1-3-21-15-9-7-13(8-10-15)11-14-12-20(2)17-6-4-5-16(19)18(14)17/h4-10,12H,3,11H2,1-2H3. The molecule has 3 aromatic rings. The molecule has 0 saturated heterocycles. The van der Waals surface area contributed by atoms with E-state index in [2.05, 4.69) is 0 Å². The fraction of sp³-hybridized carbons (Fsp3) is 0.222. The van der Waals surface area contributed by atoms with Gasteiger partial charge in [0.1, 0.15) is 11.6 Å². The van der Waals surface area contributed by atoms with Crippen LogP contribution in [0.5, 0.6) is 5.75 Å². The predicted molar refractivity (Wildman–Crippen MR) is 83.3 cm³/mol. The van der Waals surface area contributed by atoms with Gasteiger partial charge < -0.3 is 9.30 Å². The van der Waals surface area contributed by atoms with Crippen molar-refractivity contribution in [2.24, 2.45) is 7.05 Å². The van der Waals surface area contributed by atoms with Crippen LogP contribution >= 0.6 is 0 Å². The number of aryl methyl sites for hydroxylation is 1. The van der Waals surface area contributed by atoms with E-state index in [4.69, 9.17) is 4.74 Å². The van der Waals surface area contributed by atoms with Gasteiger partial charge in [0, 0.05) is 18.6 Å². The number of fused-ring (bicyclic) bond motifs is 1. The van der Waals surface area contributed by atoms with Crippen LogP contribution in [0.2, 0.25) is 0 Å². The number of ether oxygens (including phenoxy) is 1. The van der Waals surface area contributed by atoms with Gasteiger partial charge in [0.25, 0.3) is 0 Å². The zero-order chi connectivity index (χ0) is 14.8. The van der Waals surface area contributed by atoms with Gasteiger partial charge in [-0.2, -0.15) is 0 Å². The fourth-order valence-corrected chi connectivity index (χ4v) is 2.72. The second-order valence-electron chi connectivity index (χ2n) is 5.15. The monoisotopic (exact) mass is 283 g/mol. The van der Waals surface area contributed by atoms with Crippen molar-refractivity contribution < 1.29 is 9.13 Å². The molecule has 0 amide bonds. The molecule has 0 aliphatic heterocycles. The van der Waals surface area contributed by atoms with Crippen molar-refractivity contribution in [2.45, 2.75) is 13.3 Å². The maximum Gasteiger partial charge on any atom is 0.132 e. The molecule has 2 aromatic carbocycles. The minimum Gasteiger partial charge on any atom is -0.494 e. The topological polar surface area (TPSA) is 14.2 Å². The Labute approximate surface area is 123 Å². The Morgan fingerprint density at radius 3 is 2.57 bits per heavy atom. The lowest BCUT2D eigenvalue weighted by atomic mass is 10.0. The number of hydrogen-bond donors (Lipinski definition) is 0. The summed E-state index contributed by atoms with van der Waals surface area (Å²) in [5.41, 5.74) is 3.08. The molecule has 3 heteroatoms. The highest BCUT2D eigenvalue weighted by atomic mass is 19.1. The van der Waals surface area contributed by atoms with E-state index in [1.807, 2.05) is 55.1 Å². The summed E-state index contributed by atoms with van der Waals surface area (Å²) in [6.45, 7) is 2.63. The van der Waals surface area contributed by atoms with Crippen molar-refractivity contribution in [3.05, 3.63) is 65.6 Å². The van der Waals surface area contributed by atoms with Gasteiger partial charge in [-0.05, 0) is 48.7 Å². The maximum atomic E-state index is 14.1. The molecule has 0 saturated carbocycles. The summed E-state index contributed by atoms with van der Waals surface area (Å²) in [6.07, 6.45) is 2.72. The van der Waals surface area contributed by atoms with Crippen LogP contribution in [0.25, 0.3) is 10.9 Å². The summed E-state index contributed by atoms with van der Waals surface area (Å²) in [4.78, 5) is 0. The largest absolute Gasteiger partial charge is 0.494 e. The Morgan fingerprint density at radius 2 is 1.86 bits per heavy atom. The molecule has 1 heterocycles. The van der Waals surface area contributed by atoms with Crippen LogP contribution in [-0.2, 0) is 13.5 Å². The Bertz CT molecular complexity index is 759. The number of nitrogens with zero attached hydrogens (tertiary/aromatic N) is 1. The lowest BCUT2D eigenvalue weighted by Gasteiger charge is -2.05. The lowest BCUT2D eigenvalue weighted by molar-refractivity contribution is 0.340. The first-order valence-electron chi connectivity index (χ1n) is 7.13. The van der Waals surface area contributed by atoms with Gasteiger partial charge >= 0.3 is 0 Å². The third-order valence-corrected chi connectivity index (χ3v) is 3.67. The van der Waals surface area contributed by atoms with Crippen molar-refractivity contribution in [2.75, 3.05) is 6.61 Å². The molecule has 3 rings (SSSR count). The Balaban J connectivity index is 1.94. The molecular weight excluding hydrogens is 265 g/mol. The summed E-state index contributed by atoms with van der Waals surface area (Å²) in [7, 11) is 1.95. The van der Waals surface area contributed by atoms with Crippen LogP contribution in [0.15, 0.2) is 48.7 Å². The van der Waals surface area contributed by atoms with E-state index in [0.717, 1.165) is 22.4 Å². The number of aromatic nitrogens is 1. The molecular formula is C18H18FNO. The highest BCUT2D eigenvalue weighted by molar-refractivity contribution is 5.84. The molecule has 1 aromatic heterocycles. The van der Waals surface area contributed by atoms with E-state index < -0.39 is 0 Å². The molecule has 0 spiro atoms. The summed E-state index contributed by atoms with van der Waals surface area (Å²) < 4.78 is 21.5. The van der Waals surface area contributed by atoms with Gasteiger partial charge in [0.15, 0.2) is 0 Å². The van der Waals surface area contributed by atoms with Gasteiger partial charge in [-0.15, -0.1) is 0 Å². The molecule has 0 N–H and O–H groups in total. The second kappa shape index (κ2) is 5.60. The van der Waals surface area contributed by atoms with E-state index in [0.29, 0.717) is 18.4 Å². The van der Waals surface area contributed by atoms with E-state index in [1.54, 1.807) is 6.07 Å². The van der Waals surface area contributed by atoms with Crippen molar-refractivity contribution in [3.8, 4) is 5.75 Å². The van der Waals surface area contributed by atoms with Crippen molar-refractivity contribution in [1.29, 1.82) is 0 Å². The first-order valence-corrected chi connectivity index (χ1v) is 7.13. The summed E-state index contributed by atoms with van der Waals surface area (Å²) >= 11 is 0. The minimum absolute atomic E-state index is 0.158. The van der Waals surface area contributed by atoms with Crippen LogP contribution in [0, 0.1) is 5.82 Å². The van der Waals surface area contributed by atoms with Gasteiger partial charge in [-0.25, -0.2) is 4.39 Å². The van der Waals surface area contributed by atoms with E-state index in [9.17, 15) is 4.39 Å². The summed E-state index contributed by atoms with van der Waals surface area (Å²) in [6, 6.07) is 13.2. The van der Waals surface area contributed by atoms with Crippen LogP contribution in [0.3, 0.4) is 0 Å². The lowest BCUT2D eigenvalue weighted by Crippen LogP contribution is -1.92. The molecule has 0 bridgehead atoms. The van der Waals surface area contributed by atoms with E-state index in [1.165, 1.54) is 6.07 Å². The zero-order valence-electron chi connectivity index (χ0n) is 12.3. The predicted octanol–water partition coefficient (Wildman–Crippen LogP) is 4.31. The molecule has 0 aliphatic rings. The molecule has 21 heavy (non-hydrogen) atoms. The molecule has 0 unspecified atom stereocenters.